The molecule has 108 valence electrons. The van der Waals surface area contributed by atoms with Gasteiger partial charge in [0, 0.05) is 24.4 Å². The van der Waals surface area contributed by atoms with Crippen LogP contribution >= 0.6 is 11.6 Å². The van der Waals surface area contributed by atoms with Gasteiger partial charge in [0.05, 0.1) is 11.6 Å². The van der Waals surface area contributed by atoms with Crippen molar-refractivity contribution < 1.29 is 18.7 Å². The van der Waals surface area contributed by atoms with Gasteiger partial charge in [0.2, 0.25) is 0 Å². The van der Waals surface area contributed by atoms with Gasteiger partial charge in [-0.1, -0.05) is 11.6 Å². The van der Waals surface area contributed by atoms with E-state index in [-0.39, 0.29) is 11.6 Å². The summed E-state index contributed by atoms with van der Waals surface area (Å²) in [4.78, 5) is 24.5. The van der Waals surface area contributed by atoms with Crippen molar-refractivity contribution in [2.24, 2.45) is 0 Å². The van der Waals surface area contributed by atoms with Gasteiger partial charge in [-0.15, -0.1) is 0 Å². The highest BCUT2D eigenvalue weighted by Gasteiger charge is 2.13. The fourth-order valence-electron chi connectivity index (χ4n) is 1.54. The predicted molar refractivity (Wildman–Crippen MR) is 75.2 cm³/mol. The van der Waals surface area contributed by atoms with Crippen molar-refractivity contribution in [3.05, 3.63) is 41.2 Å². The van der Waals surface area contributed by atoms with Crippen LogP contribution in [0.25, 0.3) is 0 Å². The number of hydrogen-bond donors (Lipinski definition) is 0. The van der Waals surface area contributed by atoms with E-state index in [0.717, 1.165) is 12.2 Å². The van der Waals surface area contributed by atoms with E-state index >= 15 is 0 Å². The minimum absolute atomic E-state index is 0.0666. The number of nitrogens with zero attached hydrogens (tertiary/aromatic N) is 1. The van der Waals surface area contributed by atoms with Crippen molar-refractivity contribution in [1.82, 2.24) is 0 Å². The first-order chi connectivity index (χ1) is 9.49. The number of carbonyl (C=O) groups excluding carboxylic acids is 2. The minimum Gasteiger partial charge on any atom is -0.463 e. The Hall–Kier alpha value is -1.88. The number of rotatable bonds is 5. The maximum absolute atomic E-state index is 13.1. The Morgan fingerprint density at radius 2 is 2.05 bits per heavy atom. The quantitative estimate of drug-likeness (QED) is 0.620. The maximum Gasteiger partial charge on any atom is 0.330 e. The second-order valence-electron chi connectivity index (χ2n) is 3.77. The number of hydrogen-bond acceptors (Lipinski definition) is 3. The Morgan fingerprint density at radius 1 is 1.35 bits per heavy atom. The summed E-state index contributed by atoms with van der Waals surface area (Å²) in [6, 6.07) is 3.99. The maximum atomic E-state index is 13.1. The van der Waals surface area contributed by atoms with Crippen molar-refractivity contribution in [2.45, 2.75) is 13.8 Å². The second-order valence-corrected chi connectivity index (χ2v) is 4.17. The van der Waals surface area contributed by atoms with E-state index in [1.807, 2.05) is 0 Å². The lowest BCUT2D eigenvalue weighted by molar-refractivity contribution is -0.137. The fraction of sp³-hybridized carbons (Fsp3) is 0.286. The molecule has 0 spiro atoms. The first-order valence-corrected chi connectivity index (χ1v) is 6.48. The summed E-state index contributed by atoms with van der Waals surface area (Å²) in [5.74, 6) is -1.56. The molecular weight excluding hydrogens is 285 g/mol. The predicted octanol–water partition coefficient (Wildman–Crippen LogP) is 2.95. The molecule has 0 aromatic heterocycles. The van der Waals surface area contributed by atoms with E-state index < -0.39 is 17.7 Å². The molecule has 0 atom stereocenters. The number of esters is 1. The van der Waals surface area contributed by atoms with Crippen molar-refractivity contribution in [3.63, 3.8) is 0 Å². The fourth-order valence-corrected chi connectivity index (χ4v) is 1.71. The molecule has 0 saturated carbocycles. The number of halogens is 2. The van der Waals surface area contributed by atoms with Crippen molar-refractivity contribution in [2.75, 3.05) is 18.1 Å². The molecule has 0 saturated heterocycles. The van der Waals surface area contributed by atoms with Crippen LogP contribution in [0.4, 0.5) is 10.1 Å². The van der Waals surface area contributed by atoms with Crippen LogP contribution in [-0.2, 0) is 14.3 Å². The van der Waals surface area contributed by atoms with Crippen LogP contribution in [-0.4, -0.2) is 25.0 Å². The van der Waals surface area contributed by atoms with Gasteiger partial charge in [-0.2, -0.15) is 0 Å². The van der Waals surface area contributed by atoms with Gasteiger partial charge in [0.1, 0.15) is 5.82 Å². The molecule has 0 aliphatic carbocycles. The van der Waals surface area contributed by atoms with E-state index in [1.54, 1.807) is 13.8 Å². The zero-order chi connectivity index (χ0) is 15.1. The van der Waals surface area contributed by atoms with Gasteiger partial charge in [0.15, 0.2) is 0 Å². The van der Waals surface area contributed by atoms with Crippen molar-refractivity contribution >= 4 is 29.2 Å². The number of anilines is 1. The van der Waals surface area contributed by atoms with Crippen LogP contribution in [0.2, 0.25) is 5.02 Å². The topological polar surface area (TPSA) is 46.6 Å². The third kappa shape index (κ3) is 4.35. The standard InChI is InChI=1S/C14H15ClFNO3/c1-3-17(10-5-6-12(16)11(15)9-10)13(18)7-8-14(19)20-4-2/h5-9H,3-4H2,1-2H3/b8-7+. The lowest BCUT2D eigenvalue weighted by Gasteiger charge is -2.19. The van der Waals surface area contributed by atoms with Gasteiger partial charge in [0.25, 0.3) is 5.91 Å². The van der Waals surface area contributed by atoms with Crippen LogP contribution in [0.15, 0.2) is 30.4 Å². The molecule has 0 fully saturated rings. The van der Waals surface area contributed by atoms with E-state index in [1.165, 1.54) is 23.1 Å². The largest absolute Gasteiger partial charge is 0.463 e. The second kappa shape index (κ2) is 7.65. The normalized spacial score (nSPS) is 10.6. The molecule has 0 bridgehead atoms. The Labute approximate surface area is 121 Å². The van der Waals surface area contributed by atoms with E-state index in [0.29, 0.717) is 12.2 Å². The van der Waals surface area contributed by atoms with Crippen LogP contribution in [0, 0.1) is 5.82 Å². The highest BCUT2D eigenvalue weighted by Crippen LogP contribution is 2.22. The average molecular weight is 300 g/mol. The van der Waals surface area contributed by atoms with Crippen LogP contribution in [0.1, 0.15) is 13.8 Å². The number of benzene rings is 1. The van der Waals surface area contributed by atoms with Crippen LogP contribution < -0.4 is 4.90 Å². The smallest absolute Gasteiger partial charge is 0.330 e. The number of likely N-dealkylation sites (N-methyl/N-ethyl adjacent to an activating group) is 1. The Kier molecular flexibility index (Phi) is 6.18. The number of carbonyl (C=O) groups is 2. The summed E-state index contributed by atoms with van der Waals surface area (Å²) >= 11 is 5.68. The van der Waals surface area contributed by atoms with E-state index in [2.05, 4.69) is 4.74 Å². The third-order valence-electron chi connectivity index (χ3n) is 2.45. The lowest BCUT2D eigenvalue weighted by atomic mass is 10.2. The van der Waals surface area contributed by atoms with E-state index in [4.69, 9.17) is 11.6 Å². The molecule has 20 heavy (non-hydrogen) atoms. The Bertz CT molecular complexity index is 531. The van der Waals surface area contributed by atoms with E-state index in [9.17, 15) is 14.0 Å². The summed E-state index contributed by atoms with van der Waals surface area (Å²) < 4.78 is 17.8. The van der Waals surface area contributed by atoms with Gasteiger partial charge >= 0.3 is 5.97 Å². The molecular formula is C14H15ClFNO3. The molecule has 0 radical (unpaired) electrons. The first kappa shape index (κ1) is 16.2. The van der Waals surface area contributed by atoms with Crippen LogP contribution in [0.3, 0.4) is 0 Å². The molecule has 0 unspecified atom stereocenters. The molecule has 0 N–H and O–H groups in total. The molecule has 1 amide bonds. The van der Waals surface area contributed by atoms with Gasteiger partial charge in [-0.25, -0.2) is 9.18 Å². The molecule has 1 aromatic carbocycles. The summed E-state index contributed by atoms with van der Waals surface area (Å²) in [5.41, 5.74) is 0.456. The van der Waals surface area contributed by atoms with Crippen molar-refractivity contribution in [1.29, 1.82) is 0 Å². The summed E-state index contributed by atoms with van der Waals surface area (Å²) in [6.45, 7) is 4.02. The lowest BCUT2D eigenvalue weighted by Crippen LogP contribution is -2.29. The van der Waals surface area contributed by atoms with Gasteiger partial charge in [-0.3, -0.25) is 4.79 Å². The SMILES string of the molecule is CCOC(=O)/C=C/C(=O)N(CC)c1ccc(F)c(Cl)c1. The monoisotopic (exact) mass is 299 g/mol. The summed E-state index contributed by atoms with van der Waals surface area (Å²) in [7, 11) is 0. The molecule has 0 aliphatic heterocycles. The highest BCUT2D eigenvalue weighted by molar-refractivity contribution is 6.31. The first-order valence-electron chi connectivity index (χ1n) is 6.11. The van der Waals surface area contributed by atoms with Crippen LogP contribution in [0.5, 0.6) is 0 Å². The van der Waals surface area contributed by atoms with Gasteiger partial charge in [-0.05, 0) is 32.0 Å². The molecule has 6 heteroatoms. The minimum atomic E-state index is -0.589. The molecule has 1 rings (SSSR count). The number of ether oxygens (including phenoxy) is 1. The molecule has 4 nitrogen and oxygen atoms in total. The zero-order valence-corrected chi connectivity index (χ0v) is 12.0. The molecule has 0 heterocycles. The highest BCUT2D eigenvalue weighted by atomic mass is 35.5. The summed E-state index contributed by atoms with van der Waals surface area (Å²) in [6.07, 6.45) is 2.17. The average Bonchev–Trinajstić information content (AvgIpc) is 2.41. The molecule has 0 aliphatic rings. The number of amides is 1. The molecule has 1 aromatic rings. The third-order valence-corrected chi connectivity index (χ3v) is 2.74. The Morgan fingerprint density at radius 3 is 2.60 bits per heavy atom. The summed E-state index contributed by atoms with van der Waals surface area (Å²) in [5, 5.41) is -0.0666. The Balaban J connectivity index is 2.87. The zero-order valence-electron chi connectivity index (χ0n) is 11.2. The van der Waals surface area contributed by atoms with Gasteiger partial charge < -0.3 is 9.64 Å². The van der Waals surface area contributed by atoms with Crippen molar-refractivity contribution in [3.8, 4) is 0 Å².